The van der Waals surface area contributed by atoms with E-state index >= 15 is 0 Å². The van der Waals surface area contributed by atoms with Gasteiger partial charge in [0.25, 0.3) is 25.8 Å². The van der Waals surface area contributed by atoms with Crippen LogP contribution in [0.15, 0.2) is 98.6 Å². The SMILES string of the molecule is CCC12CC(C3=C(CN4CCN(c5ccc(C(=O)NS(=O)(=O)c6ccc(N[C@H](CCN7CCN(C(=O)OC(C)(C)C)CC7)CSc7ccccc7)c(S(=O)(=O)C(F)(F)F)c6)cc5)CC4)CCC(C)(C)C3)(C1)C2. The molecule has 0 spiro atoms. The number of amides is 2. The number of anilines is 2. The summed E-state index contributed by atoms with van der Waals surface area (Å²) < 4.78 is 104. The topological polar surface area (TPSA) is 149 Å². The van der Waals surface area contributed by atoms with Crippen LogP contribution in [0.4, 0.5) is 29.3 Å². The fourth-order valence-corrected chi connectivity index (χ4v) is 14.4. The largest absolute Gasteiger partial charge is 0.501 e. The van der Waals surface area contributed by atoms with Gasteiger partial charge in [0.2, 0.25) is 0 Å². The minimum Gasteiger partial charge on any atom is -0.444 e. The van der Waals surface area contributed by atoms with Gasteiger partial charge in [-0.25, -0.2) is 26.4 Å². The fourth-order valence-electron chi connectivity index (χ4n) is 11.3. The molecule has 2 bridgehead atoms. The van der Waals surface area contributed by atoms with Gasteiger partial charge in [-0.1, -0.05) is 56.5 Å². The van der Waals surface area contributed by atoms with Gasteiger partial charge >= 0.3 is 11.6 Å². The summed E-state index contributed by atoms with van der Waals surface area (Å²) in [5, 5.41) is 3.00. The van der Waals surface area contributed by atoms with Crippen LogP contribution < -0.4 is 14.9 Å². The zero-order valence-corrected chi connectivity index (χ0v) is 44.9. The molecular weight excluding hydrogens is 986 g/mol. The highest BCUT2D eigenvalue weighted by molar-refractivity contribution is 7.99. The molecule has 5 fully saturated rings. The number of rotatable bonds is 17. The van der Waals surface area contributed by atoms with Crippen molar-refractivity contribution >= 4 is 55.0 Å². The van der Waals surface area contributed by atoms with Crippen molar-refractivity contribution in [2.75, 3.05) is 81.4 Å². The Morgan fingerprint density at radius 2 is 1.47 bits per heavy atom. The van der Waals surface area contributed by atoms with E-state index in [4.69, 9.17) is 4.74 Å². The number of piperazine rings is 2. The number of nitrogens with zero attached hydrogens (tertiary/aromatic N) is 4. The maximum Gasteiger partial charge on any atom is 0.501 e. The molecule has 2 heterocycles. The molecule has 6 aliphatic rings. The molecule has 3 saturated carbocycles. The zero-order valence-electron chi connectivity index (χ0n) is 42.4. The highest BCUT2D eigenvalue weighted by atomic mass is 32.2. The number of nitrogens with one attached hydrogen (secondary N) is 2. The van der Waals surface area contributed by atoms with Crippen molar-refractivity contribution in [1.82, 2.24) is 19.4 Å². The molecule has 2 amide bonds. The molecule has 2 N–H and O–H groups in total. The highest BCUT2D eigenvalue weighted by Crippen LogP contribution is 2.79. The van der Waals surface area contributed by atoms with Crippen LogP contribution in [-0.4, -0.2) is 132 Å². The molecule has 72 heavy (non-hydrogen) atoms. The number of sulfonamides is 1. The second-order valence-corrected chi connectivity index (χ2v) is 27.2. The molecule has 2 saturated heterocycles. The second-order valence-electron chi connectivity index (χ2n) is 22.5. The smallest absolute Gasteiger partial charge is 0.444 e. The number of halogens is 3. The van der Waals surface area contributed by atoms with E-state index in [1.165, 1.54) is 62.4 Å². The molecule has 3 aromatic carbocycles. The summed E-state index contributed by atoms with van der Waals surface area (Å²) in [6.45, 7) is 19.2. The van der Waals surface area contributed by atoms with Gasteiger partial charge in [0, 0.05) is 93.4 Å². The Hall–Kier alpha value is -4.30. The van der Waals surface area contributed by atoms with Crippen molar-refractivity contribution in [3.05, 3.63) is 89.5 Å². The number of ether oxygens (including phenoxy) is 1. The number of alkyl halides is 3. The van der Waals surface area contributed by atoms with E-state index in [1.807, 2.05) is 35.1 Å². The number of allylic oxidation sites excluding steroid dienone is 1. The van der Waals surface area contributed by atoms with Gasteiger partial charge in [-0.05, 0) is 137 Å². The number of hydrogen-bond donors (Lipinski definition) is 2. The van der Waals surface area contributed by atoms with E-state index < -0.39 is 64.5 Å². The summed E-state index contributed by atoms with van der Waals surface area (Å²) in [6.07, 6.45) is 8.88. The van der Waals surface area contributed by atoms with Crippen LogP contribution in [0.25, 0.3) is 0 Å². The second kappa shape index (κ2) is 20.8. The highest BCUT2D eigenvalue weighted by Gasteiger charge is 2.68. The molecule has 0 aromatic heterocycles. The monoisotopic (exact) mass is 1060 g/mol. The number of hydrogen-bond acceptors (Lipinski definition) is 12. The van der Waals surface area contributed by atoms with Crippen LogP contribution in [0.2, 0.25) is 0 Å². The molecule has 2 aliphatic heterocycles. The number of carbonyl (C=O) groups is 2. The average molecular weight is 1060 g/mol. The number of carbonyl (C=O) groups excluding carboxylic acids is 2. The first-order valence-corrected chi connectivity index (χ1v) is 29.2. The van der Waals surface area contributed by atoms with Crippen molar-refractivity contribution in [2.24, 2.45) is 16.2 Å². The predicted molar refractivity (Wildman–Crippen MR) is 277 cm³/mol. The molecule has 13 nitrogen and oxygen atoms in total. The van der Waals surface area contributed by atoms with E-state index in [1.54, 1.807) is 49.0 Å². The molecular formula is C53H71F3N6O7S3. The normalized spacial score (nSPS) is 23.5. The molecule has 1 atom stereocenters. The van der Waals surface area contributed by atoms with E-state index in [2.05, 4.69) is 40.8 Å². The summed E-state index contributed by atoms with van der Waals surface area (Å²) in [4.78, 5) is 33.4. The van der Waals surface area contributed by atoms with Gasteiger partial charge in [-0.3, -0.25) is 14.6 Å². The number of benzene rings is 3. The van der Waals surface area contributed by atoms with Crippen LogP contribution in [0.5, 0.6) is 0 Å². The van der Waals surface area contributed by atoms with Crippen molar-refractivity contribution in [3.63, 3.8) is 0 Å². The third-order valence-electron chi connectivity index (χ3n) is 15.5. The fraction of sp³-hybridized carbons (Fsp3) is 0.585. The Labute approximate surface area is 428 Å². The van der Waals surface area contributed by atoms with Gasteiger partial charge in [-0.15, -0.1) is 11.8 Å². The Kier molecular flexibility index (Phi) is 15.6. The van der Waals surface area contributed by atoms with Gasteiger partial charge in [-0.2, -0.15) is 13.2 Å². The zero-order chi connectivity index (χ0) is 51.9. The molecule has 9 rings (SSSR count). The number of thioether (sulfide) groups is 1. The van der Waals surface area contributed by atoms with Crippen LogP contribution in [0.1, 0.15) is 103 Å². The van der Waals surface area contributed by atoms with Crippen molar-refractivity contribution in [1.29, 1.82) is 0 Å². The van der Waals surface area contributed by atoms with Crippen molar-refractivity contribution in [3.8, 4) is 0 Å². The van der Waals surface area contributed by atoms with Crippen LogP contribution in [-0.2, 0) is 24.6 Å². The van der Waals surface area contributed by atoms with Crippen molar-refractivity contribution < 1.29 is 44.3 Å². The third kappa shape index (κ3) is 12.3. The molecule has 4 aliphatic carbocycles. The first-order valence-electron chi connectivity index (χ1n) is 25.2. The molecule has 0 radical (unpaired) electrons. The minimum atomic E-state index is -6.10. The third-order valence-corrected chi connectivity index (χ3v) is 19.5. The van der Waals surface area contributed by atoms with Gasteiger partial charge in [0.15, 0.2) is 0 Å². The van der Waals surface area contributed by atoms with Crippen LogP contribution in [0, 0.1) is 16.2 Å². The Morgan fingerprint density at radius 1 is 0.833 bits per heavy atom. The lowest BCUT2D eigenvalue weighted by atomic mass is 9.31. The molecule has 394 valence electrons. The summed E-state index contributed by atoms with van der Waals surface area (Å²) in [5.74, 6) is -0.705. The Morgan fingerprint density at radius 3 is 2.08 bits per heavy atom. The van der Waals surface area contributed by atoms with E-state index in [0.717, 1.165) is 61.9 Å². The summed E-state index contributed by atoms with van der Waals surface area (Å²) in [5.41, 5.74) is -1.19. The summed E-state index contributed by atoms with van der Waals surface area (Å²) in [7, 11) is -11.0. The van der Waals surface area contributed by atoms with E-state index in [0.29, 0.717) is 67.2 Å². The molecule has 3 aromatic rings. The average Bonchev–Trinajstić information content (AvgIpc) is 3.29. The van der Waals surface area contributed by atoms with Gasteiger partial charge in [0.1, 0.15) is 10.5 Å². The Bertz CT molecular complexity index is 2690. The number of sulfone groups is 1. The first kappa shape index (κ1) is 54.0. The predicted octanol–water partition coefficient (Wildman–Crippen LogP) is 9.82. The van der Waals surface area contributed by atoms with E-state index in [-0.39, 0.29) is 5.56 Å². The van der Waals surface area contributed by atoms with Crippen molar-refractivity contribution in [2.45, 2.75) is 125 Å². The quantitative estimate of drug-likeness (QED) is 0.0980. The van der Waals surface area contributed by atoms with Gasteiger partial charge in [0.05, 0.1) is 10.6 Å². The Balaban J connectivity index is 0.912. The minimum absolute atomic E-state index is 0.00513. The maximum atomic E-state index is 14.3. The molecule has 19 heteroatoms. The van der Waals surface area contributed by atoms with Crippen LogP contribution >= 0.6 is 11.8 Å². The lowest BCUT2D eigenvalue weighted by Gasteiger charge is -2.73. The maximum absolute atomic E-state index is 14.3. The standard InChI is InChI=1S/C53H71F3N6O7S3/c1-7-51-35-52(36-51,37-51)44-32-50(5,6)21-19-39(44)33-60-25-27-61(28-26-60)41-15-13-38(14-16-41)47(63)58-72(67,68)43-17-18-45(46(31-43)71(65,66)53(54,55)56)57-40(34-70-42-11-9-8-10-12-42)20-22-59-23-29-62(30-24-59)48(64)69-49(2,3)4/h8-18,31,40,57H,7,19-30,32-37H2,1-6H3,(H,58,63)/t40-,51?,52?/m1/s1. The lowest BCUT2D eigenvalue weighted by Crippen LogP contribution is -2.63. The summed E-state index contributed by atoms with van der Waals surface area (Å²) in [6, 6.07) is 17.6. The summed E-state index contributed by atoms with van der Waals surface area (Å²) >= 11 is 1.42. The lowest BCUT2D eigenvalue weighted by molar-refractivity contribution is -0.182. The van der Waals surface area contributed by atoms with Crippen LogP contribution in [0.3, 0.4) is 0 Å². The van der Waals surface area contributed by atoms with E-state index in [9.17, 15) is 39.6 Å². The first-order chi connectivity index (χ1) is 33.8. The molecule has 0 unspecified atom stereocenters. The van der Waals surface area contributed by atoms with Gasteiger partial charge < -0.3 is 19.9 Å².